The zero-order chi connectivity index (χ0) is 18.7. The van der Waals surface area contributed by atoms with E-state index in [1.807, 2.05) is 49.4 Å². The number of hydrogen-bond acceptors (Lipinski definition) is 4. The Morgan fingerprint density at radius 2 is 1.73 bits per heavy atom. The summed E-state index contributed by atoms with van der Waals surface area (Å²) >= 11 is 6.02. The second-order valence-corrected chi connectivity index (χ2v) is 8.61. The predicted octanol–water partition coefficient (Wildman–Crippen LogP) is 4.65. The lowest BCUT2D eigenvalue weighted by atomic mass is 9.98. The zero-order valence-corrected chi connectivity index (χ0v) is 16.1. The molecule has 0 amide bonds. The van der Waals surface area contributed by atoms with Crippen LogP contribution in [0.25, 0.3) is 0 Å². The lowest BCUT2D eigenvalue weighted by Crippen LogP contribution is -2.13. The van der Waals surface area contributed by atoms with Gasteiger partial charge in [-0.2, -0.15) is 0 Å². The minimum atomic E-state index is -3.29. The molecule has 0 spiro atoms. The Morgan fingerprint density at radius 3 is 2.38 bits per heavy atom. The van der Waals surface area contributed by atoms with Gasteiger partial charge in [-0.15, -0.1) is 0 Å². The van der Waals surface area contributed by atoms with Crippen LogP contribution in [0.3, 0.4) is 0 Å². The summed E-state index contributed by atoms with van der Waals surface area (Å²) < 4.78 is 23.9. The topological polar surface area (TPSA) is 59.1 Å². The summed E-state index contributed by atoms with van der Waals surface area (Å²) in [6, 6.07) is 18.1. The van der Waals surface area contributed by atoms with Gasteiger partial charge >= 0.3 is 0 Å². The second kappa shape index (κ2) is 7.48. The number of nitrogens with zero attached hydrogens (tertiary/aromatic N) is 1. The molecule has 0 bridgehead atoms. The lowest BCUT2D eigenvalue weighted by molar-refractivity contribution is 0.601. The Kier molecular flexibility index (Phi) is 5.30. The van der Waals surface area contributed by atoms with Crippen molar-refractivity contribution in [3.05, 3.63) is 88.7 Å². The fourth-order valence-corrected chi connectivity index (χ4v) is 3.54. The first-order valence-electron chi connectivity index (χ1n) is 8.07. The zero-order valence-electron chi connectivity index (χ0n) is 14.5. The highest BCUT2D eigenvalue weighted by Crippen LogP contribution is 2.29. The van der Waals surface area contributed by atoms with E-state index in [4.69, 9.17) is 11.6 Å². The van der Waals surface area contributed by atoms with Crippen molar-refractivity contribution in [2.75, 3.05) is 11.6 Å². The predicted molar refractivity (Wildman–Crippen MR) is 105 cm³/mol. The number of nitrogens with one attached hydrogen (secondary N) is 1. The van der Waals surface area contributed by atoms with E-state index in [1.165, 1.54) is 6.26 Å². The van der Waals surface area contributed by atoms with Crippen molar-refractivity contribution in [2.24, 2.45) is 0 Å². The summed E-state index contributed by atoms with van der Waals surface area (Å²) in [6.45, 7) is 1.92. The summed E-state index contributed by atoms with van der Waals surface area (Å²) in [7, 11) is -3.29. The van der Waals surface area contributed by atoms with Gasteiger partial charge in [0.25, 0.3) is 0 Å². The molecule has 1 atom stereocenters. The van der Waals surface area contributed by atoms with Crippen molar-refractivity contribution >= 4 is 27.1 Å². The maximum absolute atomic E-state index is 11.9. The molecule has 0 saturated heterocycles. The normalized spacial score (nSPS) is 12.6. The van der Waals surface area contributed by atoms with Crippen LogP contribution in [0.1, 0.15) is 22.9 Å². The number of sulfone groups is 1. The maximum Gasteiger partial charge on any atom is 0.175 e. The third kappa shape index (κ3) is 4.42. The fourth-order valence-electron chi connectivity index (χ4n) is 2.74. The number of pyridine rings is 1. The van der Waals surface area contributed by atoms with Gasteiger partial charge in [0, 0.05) is 28.9 Å². The molecule has 0 radical (unpaired) electrons. The molecule has 134 valence electrons. The first-order valence-corrected chi connectivity index (χ1v) is 10.3. The van der Waals surface area contributed by atoms with Crippen LogP contribution in [0, 0.1) is 6.92 Å². The van der Waals surface area contributed by atoms with Crippen LogP contribution in [0.2, 0.25) is 5.02 Å². The van der Waals surface area contributed by atoms with Crippen LogP contribution in [-0.2, 0) is 9.84 Å². The van der Waals surface area contributed by atoms with Crippen LogP contribution >= 0.6 is 11.6 Å². The first-order chi connectivity index (χ1) is 12.3. The van der Waals surface area contributed by atoms with Gasteiger partial charge in [-0.05, 0) is 54.4 Å². The van der Waals surface area contributed by atoms with Crippen LogP contribution in [0.5, 0.6) is 0 Å². The monoisotopic (exact) mass is 386 g/mol. The molecule has 0 fully saturated rings. The molecule has 0 saturated carbocycles. The third-order valence-corrected chi connectivity index (χ3v) is 5.39. The van der Waals surface area contributed by atoms with Crippen molar-refractivity contribution in [2.45, 2.75) is 17.9 Å². The van der Waals surface area contributed by atoms with Gasteiger partial charge < -0.3 is 5.32 Å². The Hall–Kier alpha value is -2.37. The number of benzene rings is 2. The summed E-state index contributed by atoms with van der Waals surface area (Å²) in [5, 5.41) is 4.12. The summed E-state index contributed by atoms with van der Waals surface area (Å²) in [5.74, 6) is 0. The van der Waals surface area contributed by atoms with E-state index in [0.29, 0.717) is 9.92 Å². The van der Waals surface area contributed by atoms with E-state index >= 15 is 0 Å². The molecule has 6 heteroatoms. The average Bonchev–Trinajstić information content (AvgIpc) is 2.60. The molecule has 3 aromatic rings. The molecule has 4 nitrogen and oxygen atoms in total. The summed E-state index contributed by atoms with van der Waals surface area (Å²) in [6.07, 6.45) is 2.95. The van der Waals surface area contributed by atoms with Gasteiger partial charge in [-0.1, -0.05) is 35.9 Å². The Labute approximate surface area is 158 Å². The van der Waals surface area contributed by atoms with Gasteiger partial charge in [-0.3, -0.25) is 4.98 Å². The SMILES string of the molecule is Cc1cc(NC(c2ccc(Cl)cc2)c2cccc(S(C)(=O)=O)c2)ccn1. The number of halogens is 1. The average molecular weight is 387 g/mol. The molecule has 1 heterocycles. The summed E-state index contributed by atoms with van der Waals surface area (Å²) in [5.41, 5.74) is 3.64. The van der Waals surface area contributed by atoms with Crippen molar-refractivity contribution in [3.8, 4) is 0 Å². The molecule has 0 aliphatic rings. The molecular weight excluding hydrogens is 368 g/mol. The third-order valence-electron chi connectivity index (χ3n) is 4.03. The molecule has 1 N–H and O–H groups in total. The van der Waals surface area contributed by atoms with Gasteiger partial charge in [0.05, 0.1) is 10.9 Å². The number of hydrogen-bond donors (Lipinski definition) is 1. The highest BCUT2D eigenvalue weighted by molar-refractivity contribution is 7.90. The largest absolute Gasteiger partial charge is 0.374 e. The molecule has 1 unspecified atom stereocenters. The van der Waals surface area contributed by atoms with Gasteiger partial charge in [-0.25, -0.2) is 8.42 Å². The highest BCUT2D eigenvalue weighted by Gasteiger charge is 2.17. The van der Waals surface area contributed by atoms with Crippen molar-refractivity contribution in [3.63, 3.8) is 0 Å². The van der Waals surface area contributed by atoms with E-state index in [2.05, 4.69) is 10.3 Å². The van der Waals surface area contributed by atoms with E-state index in [0.717, 1.165) is 22.5 Å². The number of aromatic nitrogens is 1. The molecule has 1 aromatic heterocycles. The Morgan fingerprint density at radius 1 is 1.00 bits per heavy atom. The maximum atomic E-state index is 11.9. The van der Waals surface area contributed by atoms with Gasteiger partial charge in [0.2, 0.25) is 0 Å². The lowest BCUT2D eigenvalue weighted by Gasteiger charge is -2.22. The molecule has 0 aliphatic heterocycles. The smallest absolute Gasteiger partial charge is 0.175 e. The summed E-state index contributed by atoms with van der Waals surface area (Å²) in [4.78, 5) is 4.51. The Balaban J connectivity index is 2.07. The molecular formula is C20H19ClN2O2S. The van der Waals surface area contributed by atoms with Crippen LogP contribution in [-0.4, -0.2) is 19.7 Å². The molecule has 3 rings (SSSR count). The van der Waals surface area contributed by atoms with Gasteiger partial charge in [0.15, 0.2) is 9.84 Å². The molecule has 26 heavy (non-hydrogen) atoms. The van der Waals surface area contributed by atoms with Crippen LogP contribution < -0.4 is 5.32 Å². The number of rotatable bonds is 5. The first kappa shape index (κ1) is 18.4. The van der Waals surface area contributed by atoms with E-state index < -0.39 is 9.84 Å². The van der Waals surface area contributed by atoms with Gasteiger partial charge in [0.1, 0.15) is 0 Å². The van der Waals surface area contributed by atoms with Crippen molar-refractivity contribution in [1.82, 2.24) is 4.98 Å². The fraction of sp³-hybridized carbons (Fsp3) is 0.150. The van der Waals surface area contributed by atoms with E-state index in [9.17, 15) is 8.42 Å². The van der Waals surface area contributed by atoms with Crippen molar-refractivity contribution < 1.29 is 8.42 Å². The highest BCUT2D eigenvalue weighted by atomic mass is 35.5. The quantitative estimate of drug-likeness (QED) is 0.693. The van der Waals surface area contributed by atoms with Crippen LogP contribution in [0.4, 0.5) is 5.69 Å². The minimum absolute atomic E-state index is 0.226. The number of anilines is 1. The minimum Gasteiger partial charge on any atom is -0.374 e. The molecule has 0 aliphatic carbocycles. The molecule has 2 aromatic carbocycles. The van der Waals surface area contributed by atoms with Crippen LogP contribution in [0.15, 0.2) is 71.8 Å². The number of aryl methyl sites for hydroxylation is 1. The van der Waals surface area contributed by atoms with Crippen molar-refractivity contribution in [1.29, 1.82) is 0 Å². The second-order valence-electron chi connectivity index (χ2n) is 6.16. The Bertz CT molecular complexity index is 1020. The standard InChI is InChI=1S/C20H19ClN2O2S/c1-14-12-18(10-11-22-14)23-20(15-6-8-17(21)9-7-15)16-4-3-5-19(13-16)26(2,24)25/h3-13,20H,1-2H3,(H,22,23). The van der Waals surface area contributed by atoms with E-state index in [1.54, 1.807) is 24.4 Å². The van der Waals surface area contributed by atoms with E-state index in [-0.39, 0.29) is 6.04 Å².